The van der Waals surface area contributed by atoms with Gasteiger partial charge in [-0.05, 0) is 12.0 Å². The normalized spacial score (nSPS) is 14.5. The second-order valence-corrected chi connectivity index (χ2v) is 9.55. The molecule has 0 fully saturated rings. The number of nitrogens with zero attached hydrogens (tertiary/aromatic N) is 2. The number of hydrogen-bond donors (Lipinski definition) is 3. The topological polar surface area (TPSA) is 148 Å². The molecule has 10 heteroatoms. The molecule has 1 aromatic heterocycles. The van der Waals surface area contributed by atoms with Gasteiger partial charge in [-0.1, -0.05) is 72.7 Å². The number of benzene rings is 2. The Morgan fingerprint density at radius 2 is 1.75 bits per heavy atom. The summed E-state index contributed by atoms with van der Waals surface area (Å²) in [5, 5.41) is 17.1. The number of rotatable bonds is 10. The fourth-order valence-corrected chi connectivity index (χ4v) is 4.68. The van der Waals surface area contributed by atoms with Crippen molar-refractivity contribution >= 4 is 15.7 Å². The van der Waals surface area contributed by atoms with E-state index >= 15 is 0 Å². The minimum Gasteiger partial charge on any atom is -0.381 e. The molecule has 0 saturated heterocycles. The standard InChI is InChI=1S/C22H26N4O5S/c1-2-18(19(27)22-25-20(26-31-22)16-11-7-4-8-12-16)24-21(28)17(23)14-32(29,30)13-15-9-5-3-6-10-15/h3-12,17-19,27H,2,13-14,23H2,1H3,(H,24,28). The summed E-state index contributed by atoms with van der Waals surface area (Å²) in [5.41, 5.74) is 7.19. The first-order valence-corrected chi connectivity index (χ1v) is 12.0. The third kappa shape index (κ3) is 6.22. The van der Waals surface area contributed by atoms with E-state index in [0.717, 1.165) is 5.56 Å². The van der Waals surface area contributed by atoms with Crippen molar-refractivity contribution in [3.63, 3.8) is 0 Å². The first-order chi connectivity index (χ1) is 15.3. The summed E-state index contributed by atoms with van der Waals surface area (Å²) < 4.78 is 30.0. The summed E-state index contributed by atoms with van der Waals surface area (Å²) in [6, 6.07) is 15.7. The number of aliphatic hydroxyl groups excluding tert-OH is 1. The number of carbonyl (C=O) groups is 1. The van der Waals surface area contributed by atoms with E-state index in [-0.39, 0.29) is 11.6 Å². The average Bonchev–Trinajstić information content (AvgIpc) is 3.28. The molecule has 0 bridgehead atoms. The molecule has 3 rings (SSSR count). The second-order valence-electron chi connectivity index (χ2n) is 7.44. The van der Waals surface area contributed by atoms with E-state index < -0.39 is 39.7 Å². The second kappa shape index (κ2) is 10.5. The van der Waals surface area contributed by atoms with Gasteiger partial charge < -0.3 is 20.7 Å². The number of carbonyl (C=O) groups excluding carboxylic acids is 1. The van der Waals surface area contributed by atoms with Gasteiger partial charge in [-0.25, -0.2) is 8.42 Å². The molecule has 2 aromatic carbocycles. The lowest BCUT2D eigenvalue weighted by Gasteiger charge is -2.22. The van der Waals surface area contributed by atoms with Crippen LogP contribution in [0.1, 0.15) is 30.9 Å². The number of nitrogens with one attached hydrogen (secondary N) is 1. The summed E-state index contributed by atoms with van der Waals surface area (Å²) in [6.07, 6.45) is -0.943. The van der Waals surface area contributed by atoms with Gasteiger partial charge in [0.15, 0.2) is 15.9 Å². The molecule has 0 radical (unpaired) electrons. The molecule has 3 unspecified atom stereocenters. The molecule has 0 aliphatic heterocycles. The largest absolute Gasteiger partial charge is 0.381 e. The third-order valence-electron chi connectivity index (χ3n) is 4.88. The van der Waals surface area contributed by atoms with Gasteiger partial charge in [0.05, 0.1) is 23.6 Å². The van der Waals surface area contributed by atoms with Gasteiger partial charge in [-0.15, -0.1) is 0 Å². The maximum absolute atomic E-state index is 12.5. The van der Waals surface area contributed by atoms with E-state index in [2.05, 4.69) is 15.5 Å². The Morgan fingerprint density at radius 3 is 2.38 bits per heavy atom. The SMILES string of the molecule is CCC(NC(=O)C(N)CS(=O)(=O)Cc1ccccc1)C(O)c1nc(-c2ccccc2)no1. The molecular weight excluding hydrogens is 432 g/mol. The van der Waals surface area contributed by atoms with Crippen molar-refractivity contribution in [2.45, 2.75) is 37.3 Å². The van der Waals surface area contributed by atoms with Gasteiger partial charge in [-0.2, -0.15) is 4.98 Å². The van der Waals surface area contributed by atoms with Gasteiger partial charge in [0.2, 0.25) is 11.7 Å². The van der Waals surface area contributed by atoms with Crippen molar-refractivity contribution in [1.82, 2.24) is 15.5 Å². The molecule has 0 aliphatic carbocycles. The van der Waals surface area contributed by atoms with Crippen molar-refractivity contribution < 1.29 is 22.8 Å². The predicted octanol–water partition coefficient (Wildman–Crippen LogP) is 1.61. The molecule has 1 heterocycles. The molecular formula is C22H26N4O5S. The number of aliphatic hydroxyl groups is 1. The highest BCUT2D eigenvalue weighted by Gasteiger charge is 2.30. The van der Waals surface area contributed by atoms with E-state index in [1.54, 1.807) is 49.4 Å². The zero-order chi connectivity index (χ0) is 23.1. The van der Waals surface area contributed by atoms with Crippen molar-refractivity contribution in [3.05, 3.63) is 72.1 Å². The highest BCUT2D eigenvalue weighted by Crippen LogP contribution is 2.21. The minimum absolute atomic E-state index is 0.0544. The molecule has 4 N–H and O–H groups in total. The van der Waals surface area contributed by atoms with Crippen LogP contribution in [0.25, 0.3) is 11.4 Å². The summed E-state index contributed by atoms with van der Waals surface area (Å²) in [6.45, 7) is 1.75. The Labute approximate surface area is 186 Å². The van der Waals surface area contributed by atoms with E-state index in [9.17, 15) is 18.3 Å². The predicted molar refractivity (Wildman–Crippen MR) is 119 cm³/mol. The van der Waals surface area contributed by atoms with Crippen LogP contribution in [0.4, 0.5) is 0 Å². The Hall–Kier alpha value is -3.08. The van der Waals surface area contributed by atoms with Crippen LogP contribution in [-0.4, -0.2) is 47.4 Å². The lowest BCUT2D eigenvalue weighted by molar-refractivity contribution is -0.123. The van der Waals surface area contributed by atoms with Gasteiger partial charge in [0.25, 0.3) is 5.89 Å². The smallest absolute Gasteiger partial charge is 0.257 e. The van der Waals surface area contributed by atoms with E-state index in [0.29, 0.717) is 17.8 Å². The fraction of sp³-hybridized carbons (Fsp3) is 0.318. The van der Waals surface area contributed by atoms with Crippen molar-refractivity contribution in [2.75, 3.05) is 5.75 Å². The molecule has 1 amide bonds. The molecule has 0 aliphatic rings. The molecule has 3 aromatic rings. The van der Waals surface area contributed by atoms with Gasteiger partial charge in [-0.3, -0.25) is 4.79 Å². The summed E-state index contributed by atoms with van der Waals surface area (Å²) in [5.74, 6) is -1.15. The lowest BCUT2D eigenvalue weighted by Crippen LogP contribution is -2.50. The molecule has 32 heavy (non-hydrogen) atoms. The average molecular weight is 459 g/mol. The van der Waals surface area contributed by atoms with Crippen LogP contribution in [0.2, 0.25) is 0 Å². The Balaban J connectivity index is 1.61. The van der Waals surface area contributed by atoms with Crippen LogP contribution >= 0.6 is 0 Å². The quantitative estimate of drug-likeness (QED) is 0.415. The fourth-order valence-electron chi connectivity index (χ4n) is 3.16. The summed E-state index contributed by atoms with van der Waals surface area (Å²) in [7, 11) is -3.61. The van der Waals surface area contributed by atoms with Gasteiger partial charge in [0, 0.05) is 5.56 Å². The Bertz CT molecular complexity index is 1120. The molecule has 0 spiro atoms. The molecule has 170 valence electrons. The van der Waals surface area contributed by atoms with Crippen LogP contribution in [0.5, 0.6) is 0 Å². The van der Waals surface area contributed by atoms with Crippen LogP contribution in [0.3, 0.4) is 0 Å². The van der Waals surface area contributed by atoms with Crippen molar-refractivity contribution in [2.24, 2.45) is 5.73 Å². The first-order valence-electron chi connectivity index (χ1n) is 10.2. The van der Waals surface area contributed by atoms with Crippen molar-refractivity contribution in [3.8, 4) is 11.4 Å². The van der Waals surface area contributed by atoms with E-state index in [1.807, 2.05) is 18.2 Å². The van der Waals surface area contributed by atoms with Gasteiger partial charge >= 0.3 is 0 Å². The third-order valence-corrected chi connectivity index (χ3v) is 6.52. The van der Waals surface area contributed by atoms with E-state index in [4.69, 9.17) is 10.3 Å². The van der Waals surface area contributed by atoms with Crippen molar-refractivity contribution in [1.29, 1.82) is 0 Å². The van der Waals surface area contributed by atoms with E-state index in [1.165, 1.54) is 0 Å². The van der Waals surface area contributed by atoms with Crippen LogP contribution in [0.15, 0.2) is 65.2 Å². The van der Waals surface area contributed by atoms with Crippen LogP contribution < -0.4 is 11.1 Å². The summed E-state index contributed by atoms with van der Waals surface area (Å²) in [4.78, 5) is 16.7. The number of sulfone groups is 1. The highest BCUT2D eigenvalue weighted by atomic mass is 32.2. The maximum atomic E-state index is 12.5. The highest BCUT2D eigenvalue weighted by molar-refractivity contribution is 7.90. The molecule has 3 atom stereocenters. The van der Waals surface area contributed by atoms with Crippen LogP contribution in [-0.2, 0) is 20.4 Å². The maximum Gasteiger partial charge on any atom is 0.257 e. The molecule has 9 nitrogen and oxygen atoms in total. The zero-order valence-electron chi connectivity index (χ0n) is 17.6. The summed E-state index contributed by atoms with van der Waals surface area (Å²) >= 11 is 0. The van der Waals surface area contributed by atoms with Gasteiger partial charge in [0.1, 0.15) is 0 Å². The zero-order valence-corrected chi connectivity index (χ0v) is 18.4. The van der Waals surface area contributed by atoms with Crippen LogP contribution in [0, 0.1) is 0 Å². The number of nitrogens with two attached hydrogens (primary N) is 1. The lowest BCUT2D eigenvalue weighted by atomic mass is 10.1. The number of amides is 1. The number of aromatic nitrogens is 2. The molecule has 0 saturated carbocycles. The number of hydrogen-bond acceptors (Lipinski definition) is 8. The minimum atomic E-state index is -3.61. The monoisotopic (exact) mass is 458 g/mol. The Kier molecular flexibility index (Phi) is 7.73. The first kappa shape index (κ1) is 23.6. The Morgan fingerprint density at radius 1 is 1.12 bits per heavy atom.